The smallest absolute Gasteiger partial charge is 0.243 e. The van der Waals surface area contributed by atoms with Gasteiger partial charge in [-0.15, -0.1) is 19.7 Å². The van der Waals surface area contributed by atoms with Crippen LogP contribution in [0.15, 0.2) is 74.9 Å². The molecular weight excluding hydrogens is 865 g/mol. The van der Waals surface area contributed by atoms with E-state index in [-0.39, 0.29) is 37.7 Å². The van der Waals surface area contributed by atoms with Crippen LogP contribution >= 0.6 is 0 Å². The quantitative estimate of drug-likeness (QED) is 0.0339. The maximum Gasteiger partial charge on any atom is 0.243 e. The molecule has 2 aliphatic heterocycles. The van der Waals surface area contributed by atoms with Crippen molar-refractivity contribution in [2.75, 3.05) is 44.5 Å². The third kappa shape index (κ3) is 9.52. The van der Waals surface area contributed by atoms with Gasteiger partial charge < -0.3 is 54.2 Å². The molecule has 2 aliphatic rings. The number of nitrogen functional groups attached to an aromatic ring is 2. The molecule has 17 nitrogen and oxygen atoms in total. The molecule has 19 heteroatoms. The Morgan fingerprint density at radius 1 is 0.692 bits per heavy atom. The summed E-state index contributed by atoms with van der Waals surface area (Å²) in [5.41, 5.74) is 11.7. The van der Waals surface area contributed by atoms with E-state index in [4.69, 9.17) is 44.0 Å². The highest BCUT2D eigenvalue weighted by Gasteiger charge is 2.68. The molecule has 0 aromatic carbocycles. The first-order valence-corrected chi connectivity index (χ1v) is 28.0. The van der Waals surface area contributed by atoms with Crippen LogP contribution in [0.2, 0.25) is 36.3 Å². The zero-order chi connectivity index (χ0) is 47.8. The molecule has 4 aromatic heterocycles. The van der Waals surface area contributed by atoms with Crippen LogP contribution in [0.4, 0.5) is 11.6 Å². The van der Waals surface area contributed by atoms with Gasteiger partial charge in [0.2, 0.25) is 11.6 Å². The van der Waals surface area contributed by atoms with Gasteiger partial charge in [0, 0.05) is 5.92 Å². The highest BCUT2D eigenvalue weighted by molar-refractivity contribution is 6.74. The number of ether oxygens (including phenoxy) is 5. The molecule has 6 N–H and O–H groups in total. The second-order valence-corrected chi connectivity index (χ2v) is 26.8. The van der Waals surface area contributed by atoms with Crippen molar-refractivity contribution in [2.24, 2.45) is 5.92 Å². The Morgan fingerprint density at radius 2 is 1.17 bits per heavy atom. The number of rotatable bonds is 23. The molecule has 65 heavy (non-hydrogen) atoms. The van der Waals surface area contributed by atoms with Gasteiger partial charge in [0.1, 0.15) is 52.9 Å². The maximum absolute atomic E-state index is 12.5. The van der Waals surface area contributed by atoms with E-state index in [1.165, 1.54) is 17.2 Å². The first-order chi connectivity index (χ1) is 31.0. The Balaban J connectivity index is 0.000000247. The van der Waals surface area contributed by atoms with E-state index in [0.29, 0.717) is 41.5 Å². The van der Waals surface area contributed by atoms with E-state index >= 15 is 0 Å². The molecule has 0 amide bonds. The molecule has 0 saturated carbocycles. The van der Waals surface area contributed by atoms with Gasteiger partial charge >= 0.3 is 0 Å². The first-order valence-electron chi connectivity index (χ1n) is 22.9. The molecule has 2 fully saturated rings. The zero-order valence-electron chi connectivity index (χ0n) is 40.0. The Bertz CT molecular complexity index is 2200. The Hall–Kier alpha value is -3.87. The predicted octanol–water partition coefficient (Wildman–Crippen LogP) is 6.88. The lowest BCUT2D eigenvalue weighted by Crippen LogP contribution is -2.58. The molecule has 0 bridgehead atoms. The standard InChI is InChI=1S/C25H46N4O4Si2.C21H28N4O5/c1-9-34(10-2,11-3)31-17-21-19(7)24(8,33-35(12-4,13-5)14-6)25(30,32-21)22-16-15-20-23(26)27-18-28-29(20)22;1-5-10-27-13-16-18(28-11-6-2)20(4,29-12-7-3)21(26,30-16)17-9-8-15-19(22)23-14-24-25(15)17/h15-16,18-19,21,30H,9-14,17H2,1-8H3,(H2,26,27,28);5-9,14,16,18,26H,1-3,10-13H2,4H3,(H2,22,23,24)/t19-,21-,24-,25?;16-,18-,20-,21?/m11/s1. The highest BCUT2D eigenvalue weighted by atomic mass is 28.4. The minimum absolute atomic E-state index is 0.106. The van der Waals surface area contributed by atoms with Crippen LogP contribution in [-0.2, 0) is 44.1 Å². The third-order valence-electron chi connectivity index (χ3n) is 14.2. The molecule has 4 aromatic rings. The van der Waals surface area contributed by atoms with Crippen LogP contribution in [0.1, 0.15) is 73.7 Å². The fourth-order valence-electron chi connectivity index (χ4n) is 9.41. The van der Waals surface area contributed by atoms with Crippen molar-refractivity contribution >= 4 is 39.3 Å². The number of aliphatic hydroxyl groups is 2. The van der Waals surface area contributed by atoms with Gasteiger partial charge in [-0.2, -0.15) is 10.2 Å². The summed E-state index contributed by atoms with van der Waals surface area (Å²) >= 11 is 0. The van der Waals surface area contributed by atoms with E-state index in [1.54, 1.807) is 41.8 Å². The molecule has 0 spiro atoms. The van der Waals surface area contributed by atoms with E-state index in [1.807, 2.05) is 19.1 Å². The minimum atomic E-state index is -2.12. The van der Waals surface area contributed by atoms with Gasteiger partial charge in [-0.1, -0.05) is 66.7 Å². The summed E-state index contributed by atoms with van der Waals surface area (Å²) in [6.07, 6.45) is 5.91. The van der Waals surface area contributed by atoms with E-state index < -0.39 is 51.6 Å². The summed E-state index contributed by atoms with van der Waals surface area (Å²) in [5.74, 6) is -3.13. The molecular formula is C46H74N8O9Si2. The highest BCUT2D eigenvalue weighted by Crippen LogP contribution is 2.54. The number of fused-ring (bicyclic) bond motifs is 2. The van der Waals surface area contributed by atoms with Gasteiger partial charge in [0.25, 0.3) is 0 Å². The van der Waals surface area contributed by atoms with Crippen LogP contribution in [0.5, 0.6) is 0 Å². The molecule has 0 aliphatic carbocycles. The van der Waals surface area contributed by atoms with Crippen LogP contribution < -0.4 is 11.5 Å². The summed E-state index contributed by atoms with van der Waals surface area (Å²) in [6.45, 7) is 31.5. The minimum Gasteiger partial charge on any atom is -0.414 e. The van der Waals surface area contributed by atoms with Gasteiger partial charge in [-0.05, 0) is 74.4 Å². The van der Waals surface area contributed by atoms with Crippen molar-refractivity contribution in [2.45, 2.75) is 140 Å². The fourth-order valence-corrected chi connectivity index (χ4v) is 15.2. The van der Waals surface area contributed by atoms with E-state index in [9.17, 15) is 10.2 Å². The second kappa shape index (κ2) is 21.4. The molecule has 8 atom stereocenters. The normalized spacial score (nSPS) is 28.1. The van der Waals surface area contributed by atoms with Gasteiger partial charge in [0.15, 0.2) is 33.9 Å². The van der Waals surface area contributed by atoms with Crippen molar-refractivity contribution in [1.82, 2.24) is 29.2 Å². The first kappa shape index (κ1) is 52.1. The fraction of sp³-hybridized carbons (Fsp3) is 0.609. The van der Waals surface area contributed by atoms with Crippen molar-refractivity contribution in [3.63, 3.8) is 0 Å². The molecule has 2 saturated heterocycles. The van der Waals surface area contributed by atoms with Crippen molar-refractivity contribution in [3.05, 3.63) is 86.3 Å². The Labute approximate surface area is 386 Å². The zero-order valence-corrected chi connectivity index (χ0v) is 42.0. The predicted molar refractivity (Wildman–Crippen MR) is 257 cm³/mol. The Kier molecular flexibility index (Phi) is 17.2. The molecule has 360 valence electrons. The summed E-state index contributed by atoms with van der Waals surface area (Å²) < 4.78 is 47.4. The number of aromatic nitrogens is 6. The largest absolute Gasteiger partial charge is 0.414 e. The van der Waals surface area contributed by atoms with Gasteiger partial charge in [0.05, 0.1) is 39.1 Å². The van der Waals surface area contributed by atoms with Crippen molar-refractivity contribution < 1.29 is 42.7 Å². The van der Waals surface area contributed by atoms with Crippen molar-refractivity contribution in [1.29, 1.82) is 0 Å². The number of hydrogen-bond donors (Lipinski definition) is 4. The summed E-state index contributed by atoms with van der Waals surface area (Å²) in [5, 5.41) is 33.0. The molecule has 0 radical (unpaired) electrons. The topological polar surface area (TPSA) is 217 Å². The summed E-state index contributed by atoms with van der Waals surface area (Å²) in [6, 6.07) is 13.2. The summed E-state index contributed by atoms with van der Waals surface area (Å²) in [4.78, 5) is 8.09. The lowest BCUT2D eigenvalue weighted by molar-refractivity contribution is -0.288. The van der Waals surface area contributed by atoms with Crippen molar-refractivity contribution in [3.8, 4) is 0 Å². The summed E-state index contributed by atoms with van der Waals surface area (Å²) in [7, 11) is -3.95. The number of anilines is 2. The second-order valence-electron chi connectivity index (χ2n) is 17.3. The van der Waals surface area contributed by atoms with Crippen LogP contribution in [0.3, 0.4) is 0 Å². The average Bonchev–Trinajstić information content (AvgIpc) is 4.05. The monoisotopic (exact) mass is 939 g/mol. The van der Waals surface area contributed by atoms with E-state index in [2.05, 4.69) is 88.4 Å². The lowest BCUT2D eigenvalue weighted by Gasteiger charge is -2.46. The molecule has 6 heterocycles. The van der Waals surface area contributed by atoms with Crippen LogP contribution in [0, 0.1) is 5.92 Å². The van der Waals surface area contributed by atoms with E-state index in [0.717, 1.165) is 36.3 Å². The number of nitrogens with two attached hydrogens (primary N) is 2. The third-order valence-corrected chi connectivity index (χ3v) is 23.6. The maximum atomic E-state index is 12.5. The molecule has 6 rings (SSSR count). The average molecular weight is 939 g/mol. The van der Waals surface area contributed by atoms with Gasteiger partial charge in [-0.3, -0.25) is 0 Å². The number of nitrogens with zero attached hydrogens (tertiary/aromatic N) is 6. The van der Waals surface area contributed by atoms with Gasteiger partial charge in [-0.25, -0.2) is 19.0 Å². The SMILES string of the molecule is C=CCOC[C@H]1OC(O)(c2ccc3c(N)ncnn23)[C@](C)(OCC=C)[C@@H]1OCC=C.CC[Si](CC)(CC)OC[C@H]1OC(O)(c2ccc3c(N)ncnn23)[C@](C)(O[Si](CC)(CC)CC)[C@@H]1C. The van der Waals surface area contributed by atoms with Crippen LogP contribution in [0.25, 0.3) is 11.0 Å². The lowest BCUT2D eigenvalue weighted by atomic mass is 9.82. The van der Waals surface area contributed by atoms with Crippen LogP contribution in [-0.4, -0.2) is 119 Å². The number of hydrogen-bond acceptors (Lipinski definition) is 15. The molecule has 2 unspecified atom stereocenters. The Morgan fingerprint density at radius 3 is 1.65 bits per heavy atom.